The molecule has 1 aliphatic rings. The van der Waals surface area contributed by atoms with Crippen LogP contribution in [0.15, 0.2) is 48.5 Å². The first-order chi connectivity index (χ1) is 12.2. The molecule has 2 aromatic carbocycles. The zero-order valence-corrected chi connectivity index (χ0v) is 14.5. The number of hydrogen-bond donors (Lipinski definition) is 1. The van der Waals surface area contributed by atoms with Gasteiger partial charge in [-0.1, -0.05) is 12.1 Å². The van der Waals surface area contributed by atoms with E-state index in [0.29, 0.717) is 12.3 Å². The number of ether oxygens (including phenoxy) is 2. The number of methoxy groups -OCH3 is 1. The highest BCUT2D eigenvalue weighted by Gasteiger charge is 2.11. The first-order valence-electron chi connectivity index (χ1n) is 8.62. The number of carbonyl (C=O) groups is 1. The van der Waals surface area contributed by atoms with E-state index in [4.69, 9.17) is 9.47 Å². The molecule has 0 unspecified atom stereocenters. The zero-order valence-electron chi connectivity index (χ0n) is 14.5. The van der Waals surface area contributed by atoms with Gasteiger partial charge in [0.2, 0.25) is 0 Å². The van der Waals surface area contributed by atoms with Crippen LogP contribution in [0.4, 0.5) is 5.69 Å². The molecular formula is C20H24N2O3. The summed E-state index contributed by atoms with van der Waals surface area (Å²) < 4.78 is 10.6. The van der Waals surface area contributed by atoms with E-state index >= 15 is 0 Å². The van der Waals surface area contributed by atoms with Crippen molar-refractivity contribution in [2.45, 2.75) is 19.4 Å². The molecule has 5 nitrogen and oxygen atoms in total. The Balaban J connectivity index is 1.42. The van der Waals surface area contributed by atoms with Gasteiger partial charge >= 0.3 is 0 Å². The van der Waals surface area contributed by atoms with Crippen molar-refractivity contribution in [3.05, 3.63) is 54.1 Å². The number of amides is 1. The van der Waals surface area contributed by atoms with Crippen LogP contribution in [-0.2, 0) is 11.3 Å². The quantitative estimate of drug-likeness (QED) is 0.842. The predicted octanol–water partition coefficient (Wildman–Crippen LogP) is 2.99. The van der Waals surface area contributed by atoms with Crippen LogP contribution in [0.1, 0.15) is 18.4 Å². The fourth-order valence-electron chi connectivity index (χ4n) is 2.87. The van der Waals surface area contributed by atoms with Crippen LogP contribution >= 0.6 is 0 Å². The first-order valence-corrected chi connectivity index (χ1v) is 8.62. The molecule has 132 valence electrons. The molecule has 0 bridgehead atoms. The number of rotatable bonds is 7. The topological polar surface area (TPSA) is 50.8 Å². The molecule has 1 fully saturated rings. The van der Waals surface area contributed by atoms with Gasteiger partial charge in [0.1, 0.15) is 11.5 Å². The minimum atomic E-state index is -0.139. The summed E-state index contributed by atoms with van der Waals surface area (Å²) in [5, 5.41) is 2.88. The van der Waals surface area contributed by atoms with Gasteiger partial charge in [0.15, 0.2) is 6.61 Å². The fourth-order valence-corrected chi connectivity index (χ4v) is 2.87. The highest BCUT2D eigenvalue weighted by molar-refractivity contribution is 5.77. The molecule has 1 heterocycles. The number of hydrogen-bond acceptors (Lipinski definition) is 4. The van der Waals surface area contributed by atoms with E-state index in [1.165, 1.54) is 18.5 Å². The maximum atomic E-state index is 11.9. The number of nitrogens with one attached hydrogen (secondary N) is 1. The second-order valence-corrected chi connectivity index (χ2v) is 6.10. The highest BCUT2D eigenvalue weighted by atomic mass is 16.5. The largest absolute Gasteiger partial charge is 0.497 e. The predicted molar refractivity (Wildman–Crippen MR) is 98.2 cm³/mol. The average Bonchev–Trinajstić information content (AvgIpc) is 3.20. The Morgan fingerprint density at radius 1 is 1.00 bits per heavy atom. The van der Waals surface area contributed by atoms with Crippen molar-refractivity contribution in [3.8, 4) is 11.5 Å². The first kappa shape index (κ1) is 17.1. The molecule has 2 aromatic rings. The summed E-state index contributed by atoms with van der Waals surface area (Å²) in [6.45, 7) is 2.78. The normalized spacial score (nSPS) is 13.6. The number of nitrogens with zero attached hydrogens (tertiary/aromatic N) is 1. The van der Waals surface area contributed by atoms with Crippen LogP contribution in [-0.4, -0.2) is 32.7 Å². The Morgan fingerprint density at radius 2 is 1.64 bits per heavy atom. The van der Waals surface area contributed by atoms with Crippen LogP contribution in [0.5, 0.6) is 11.5 Å². The zero-order chi connectivity index (χ0) is 17.5. The van der Waals surface area contributed by atoms with E-state index in [9.17, 15) is 4.79 Å². The average molecular weight is 340 g/mol. The Labute approximate surface area is 148 Å². The summed E-state index contributed by atoms with van der Waals surface area (Å²) in [5.41, 5.74) is 2.34. The monoisotopic (exact) mass is 340 g/mol. The van der Waals surface area contributed by atoms with Gasteiger partial charge in [0.05, 0.1) is 7.11 Å². The van der Waals surface area contributed by atoms with Crippen LogP contribution < -0.4 is 19.7 Å². The lowest BCUT2D eigenvalue weighted by molar-refractivity contribution is -0.123. The van der Waals surface area contributed by atoms with E-state index in [1.54, 1.807) is 31.4 Å². The lowest BCUT2D eigenvalue weighted by Crippen LogP contribution is -2.28. The molecule has 0 radical (unpaired) electrons. The van der Waals surface area contributed by atoms with Crippen LogP contribution in [0, 0.1) is 0 Å². The molecule has 25 heavy (non-hydrogen) atoms. The minimum absolute atomic E-state index is 0.00180. The molecule has 1 aliphatic heterocycles. The van der Waals surface area contributed by atoms with Gasteiger partial charge in [-0.3, -0.25) is 4.79 Å². The molecule has 5 heteroatoms. The van der Waals surface area contributed by atoms with Crippen molar-refractivity contribution in [1.82, 2.24) is 5.32 Å². The van der Waals surface area contributed by atoms with Crippen LogP contribution in [0.2, 0.25) is 0 Å². The van der Waals surface area contributed by atoms with Crippen molar-refractivity contribution in [1.29, 1.82) is 0 Å². The molecule has 0 atom stereocenters. The molecule has 1 amide bonds. The van der Waals surface area contributed by atoms with Crippen LogP contribution in [0.25, 0.3) is 0 Å². The molecule has 0 aromatic heterocycles. The Kier molecular flexibility index (Phi) is 5.77. The Hall–Kier alpha value is -2.69. The maximum absolute atomic E-state index is 11.9. The summed E-state index contributed by atoms with van der Waals surface area (Å²) in [4.78, 5) is 14.3. The van der Waals surface area contributed by atoms with Crippen molar-refractivity contribution in [2.75, 3.05) is 31.7 Å². The Bertz CT molecular complexity index is 677. The molecule has 1 saturated heterocycles. The summed E-state index contributed by atoms with van der Waals surface area (Å²) in [5.74, 6) is 1.26. The van der Waals surface area contributed by atoms with Gasteiger partial charge in [0, 0.05) is 25.3 Å². The molecule has 0 aliphatic carbocycles. The van der Waals surface area contributed by atoms with Gasteiger partial charge in [0.25, 0.3) is 5.91 Å². The van der Waals surface area contributed by atoms with Gasteiger partial charge in [-0.15, -0.1) is 0 Å². The van der Waals surface area contributed by atoms with Gasteiger partial charge in [-0.2, -0.15) is 0 Å². The fraction of sp³-hybridized carbons (Fsp3) is 0.350. The summed E-state index contributed by atoms with van der Waals surface area (Å²) in [6.07, 6.45) is 2.54. The second-order valence-electron chi connectivity index (χ2n) is 6.10. The van der Waals surface area contributed by atoms with Crippen molar-refractivity contribution >= 4 is 11.6 Å². The summed E-state index contributed by atoms with van der Waals surface area (Å²) in [6, 6.07) is 15.6. The van der Waals surface area contributed by atoms with E-state index in [1.807, 2.05) is 0 Å². The van der Waals surface area contributed by atoms with Crippen molar-refractivity contribution < 1.29 is 14.3 Å². The number of benzene rings is 2. The highest BCUT2D eigenvalue weighted by Crippen LogP contribution is 2.20. The standard InChI is InChI=1S/C20H24N2O3/c1-24-18-8-10-19(11-9-18)25-15-20(23)21-14-16-4-6-17(7-5-16)22-12-2-3-13-22/h4-11H,2-3,12-15H2,1H3,(H,21,23). The molecule has 1 N–H and O–H groups in total. The third-order valence-electron chi connectivity index (χ3n) is 4.33. The SMILES string of the molecule is COc1ccc(OCC(=O)NCc2ccc(N3CCCC3)cc2)cc1. The van der Waals surface area contributed by atoms with Gasteiger partial charge in [-0.05, 0) is 54.8 Å². The lowest BCUT2D eigenvalue weighted by atomic mass is 10.2. The number of anilines is 1. The van der Waals surface area contributed by atoms with Crippen molar-refractivity contribution in [2.24, 2.45) is 0 Å². The van der Waals surface area contributed by atoms with E-state index < -0.39 is 0 Å². The molecule has 0 spiro atoms. The van der Waals surface area contributed by atoms with E-state index in [0.717, 1.165) is 24.4 Å². The third-order valence-corrected chi connectivity index (χ3v) is 4.33. The van der Waals surface area contributed by atoms with Gasteiger partial charge < -0.3 is 19.7 Å². The van der Waals surface area contributed by atoms with Crippen molar-refractivity contribution in [3.63, 3.8) is 0 Å². The molecule has 0 saturated carbocycles. The molecule has 3 rings (SSSR count). The third kappa shape index (κ3) is 4.89. The van der Waals surface area contributed by atoms with Crippen LogP contribution in [0.3, 0.4) is 0 Å². The lowest BCUT2D eigenvalue weighted by Gasteiger charge is -2.17. The summed E-state index contributed by atoms with van der Waals surface area (Å²) in [7, 11) is 1.61. The van der Waals surface area contributed by atoms with E-state index in [2.05, 4.69) is 34.5 Å². The molecular weight excluding hydrogens is 316 g/mol. The smallest absolute Gasteiger partial charge is 0.258 e. The number of carbonyl (C=O) groups excluding carboxylic acids is 1. The minimum Gasteiger partial charge on any atom is -0.497 e. The summed E-state index contributed by atoms with van der Waals surface area (Å²) >= 11 is 0. The maximum Gasteiger partial charge on any atom is 0.258 e. The Morgan fingerprint density at radius 3 is 2.28 bits per heavy atom. The van der Waals surface area contributed by atoms with E-state index in [-0.39, 0.29) is 12.5 Å². The van der Waals surface area contributed by atoms with Gasteiger partial charge in [-0.25, -0.2) is 0 Å². The second kappa shape index (κ2) is 8.42.